The first-order valence-electron chi connectivity index (χ1n) is 19.3. The highest BCUT2D eigenvalue weighted by atomic mass is 79.9. The second-order valence-electron chi connectivity index (χ2n) is 15.3. The predicted molar refractivity (Wildman–Crippen MR) is 212 cm³/mol. The molecule has 0 bridgehead atoms. The van der Waals surface area contributed by atoms with Gasteiger partial charge in [0, 0.05) is 29.0 Å². The topological polar surface area (TPSA) is 141 Å². The molecule has 5 aliphatic rings. The Morgan fingerprint density at radius 3 is 1.91 bits per heavy atom. The van der Waals surface area contributed by atoms with E-state index in [1.807, 2.05) is 72.8 Å². The van der Waals surface area contributed by atoms with Gasteiger partial charge in [0.2, 0.25) is 5.88 Å². The van der Waals surface area contributed by atoms with Gasteiger partial charge in [-0.2, -0.15) is 0 Å². The molecule has 4 aliphatic heterocycles. The van der Waals surface area contributed by atoms with Gasteiger partial charge in [-0.3, -0.25) is 9.13 Å². The van der Waals surface area contributed by atoms with Crippen LogP contribution in [0, 0.1) is 0 Å². The summed E-state index contributed by atoms with van der Waals surface area (Å²) < 4.78 is 35.2. The second kappa shape index (κ2) is 13.6. The Balaban J connectivity index is 0.000000146. The van der Waals surface area contributed by atoms with E-state index in [9.17, 15) is 5.11 Å². The molecule has 13 nitrogen and oxygen atoms in total. The van der Waals surface area contributed by atoms with Gasteiger partial charge in [0.25, 0.3) is 0 Å². The largest absolute Gasteiger partial charge is 0.490 e. The molecule has 7 aromatic rings. The van der Waals surface area contributed by atoms with Crippen LogP contribution in [0.1, 0.15) is 48.5 Å². The van der Waals surface area contributed by atoms with E-state index in [0.717, 1.165) is 98.1 Å². The van der Waals surface area contributed by atoms with Crippen molar-refractivity contribution < 1.29 is 28.8 Å². The van der Waals surface area contributed by atoms with Gasteiger partial charge in [0.1, 0.15) is 82.4 Å². The highest BCUT2D eigenvalue weighted by Gasteiger charge is 2.48. The highest BCUT2D eigenvalue weighted by Crippen LogP contribution is 2.46. The van der Waals surface area contributed by atoms with Gasteiger partial charge < -0.3 is 28.8 Å². The Hall–Kier alpha value is -5.41. The standard InChI is InChI=1S/C27H26N4O4.C16H12BrN3O2/c32-18-5-7-19(8-6-18)35-25-13-17(11-12-28-25)21-9-10-22-26(30-21)31-24(29-22)14-33-15-27(31)16-34-23-4-2-1-3-20(23)27;17-13-6-5-11-15(19-13)20-14(18-11)7-21-8-16(20)9-22-12-4-2-1-3-10(12)16/h1-4,9-13,18-19,32H,5-8,14-16H2;1-6H,7-9H2/t18?,19?,27-;16-/m00/s1. The number of hydrogen-bond donors (Lipinski definition) is 1. The summed E-state index contributed by atoms with van der Waals surface area (Å²) in [5.74, 6) is 4.13. The fraction of sp³-hybridized carbons (Fsp3) is 0.326. The van der Waals surface area contributed by atoms with E-state index in [-0.39, 0.29) is 17.7 Å². The lowest BCUT2D eigenvalue weighted by atomic mass is 9.91. The maximum atomic E-state index is 9.77. The van der Waals surface area contributed by atoms with Gasteiger partial charge in [-0.25, -0.2) is 24.9 Å². The average molecular weight is 829 g/mol. The summed E-state index contributed by atoms with van der Waals surface area (Å²) in [5.41, 5.74) is 6.55. The number of nitrogens with zero attached hydrogens (tertiary/aromatic N) is 7. The number of aliphatic hydroxyl groups excluding tert-OH is 1. The normalized spacial score (nSPS) is 24.2. The van der Waals surface area contributed by atoms with Crippen LogP contribution >= 0.6 is 15.9 Å². The molecule has 14 heteroatoms. The number of benzene rings is 2. The van der Waals surface area contributed by atoms with E-state index in [0.29, 0.717) is 45.5 Å². The van der Waals surface area contributed by atoms with Gasteiger partial charge in [-0.15, -0.1) is 0 Å². The number of aromatic nitrogens is 7. The molecule has 1 aliphatic carbocycles. The summed E-state index contributed by atoms with van der Waals surface area (Å²) in [7, 11) is 0. The van der Waals surface area contributed by atoms with Crippen LogP contribution in [-0.4, -0.2) is 77.8 Å². The number of imidazole rings is 2. The smallest absolute Gasteiger partial charge is 0.214 e. The number of fused-ring (bicyclic) bond motifs is 12. The van der Waals surface area contributed by atoms with Crippen LogP contribution in [0.3, 0.4) is 0 Å². The minimum atomic E-state index is -0.484. The van der Waals surface area contributed by atoms with Crippen LogP contribution < -0.4 is 14.2 Å². The molecule has 12 rings (SSSR count). The van der Waals surface area contributed by atoms with Crippen LogP contribution in [-0.2, 0) is 33.8 Å². The molecule has 9 heterocycles. The van der Waals surface area contributed by atoms with Crippen molar-refractivity contribution in [2.24, 2.45) is 0 Å². The Morgan fingerprint density at radius 1 is 0.667 bits per heavy atom. The molecule has 2 spiro atoms. The molecule has 0 saturated heterocycles. The molecule has 0 amide bonds. The fourth-order valence-electron chi connectivity index (χ4n) is 9.07. The lowest BCUT2D eigenvalue weighted by molar-refractivity contribution is 0.0134. The Labute approximate surface area is 335 Å². The SMILES string of the molecule is Brc1ccc2nc3n(c2n1)[C@@]1(COC3)COc2ccccc21.OC1CCC(Oc2cc(-c3ccc4nc5n(c4n3)[C@@]3(COC5)COc4ccccc43)ccn2)CC1. The predicted octanol–water partition coefficient (Wildman–Crippen LogP) is 6.70. The summed E-state index contributed by atoms with van der Waals surface area (Å²) in [6, 6.07) is 28.0. The number of ether oxygens (including phenoxy) is 5. The molecule has 2 atom stereocenters. The van der Waals surface area contributed by atoms with Crippen LogP contribution in [0.2, 0.25) is 0 Å². The van der Waals surface area contributed by atoms with Crippen molar-refractivity contribution in [1.29, 1.82) is 0 Å². The summed E-state index contributed by atoms with van der Waals surface area (Å²) in [6.45, 7) is 3.05. The van der Waals surface area contributed by atoms with Crippen molar-refractivity contribution in [3.05, 3.63) is 119 Å². The molecule has 0 radical (unpaired) electrons. The third kappa shape index (κ3) is 5.71. The third-order valence-corrected chi connectivity index (χ3v) is 12.2. The highest BCUT2D eigenvalue weighted by molar-refractivity contribution is 9.10. The molecular formula is C43H38BrN7O6. The fourth-order valence-corrected chi connectivity index (χ4v) is 9.37. The monoisotopic (exact) mass is 827 g/mol. The van der Waals surface area contributed by atoms with Crippen LogP contribution in [0.4, 0.5) is 0 Å². The summed E-state index contributed by atoms with van der Waals surface area (Å²) in [6.07, 6.45) is 4.86. The van der Waals surface area contributed by atoms with Crippen molar-refractivity contribution in [2.45, 2.75) is 62.2 Å². The Kier molecular flexibility index (Phi) is 8.31. The molecule has 1 fully saturated rings. The van der Waals surface area contributed by atoms with Gasteiger partial charge in [0.15, 0.2) is 11.3 Å². The molecule has 288 valence electrons. The van der Waals surface area contributed by atoms with E-state index < -0.39 is 5.54 Å². The number of rotatable bonds is 3. The second-order valence-corrected chi connectivity index (χ2v) is 16.1. The summed E-state index contributed by atoms with van der Waals surface area (Å²) in [4.78, 5) is 23.7. The van der Waals surface area contributed by atoms with Crippen molar-refractivity contribution in [3.63, 3.8) is 0 Å². The first kappa shape index (κ1) is 34.8. The lowest BCUT2D eigenvalue weighted by Crippen LogP contribution is -2.45. The number of hydrogen-bond acceptors (Lipinski definition) is 11. The number of halogens is 1. The molecule has 0 unspecified atom stereocenters. The minimum absolute atomic E-state index is 0.0840. The molecule has 5 aromatic heterocycles. The molecular weight excluding hydrogens is 790 g/mol. The zero-order chi connectivity index (χ0) is 38.1. The lowest BCUT2D eigenvalue weighted by Gasteiger charge is -2.34. The third-order valence-electron chi connectivity index (χ3n) is 11.8. The number of pyridine rings is 3. The zero-order valence-electron chi connectivity index (χ0n) is 30.9. The first-order valence-corrected chi connectivity index (χ1v) is 20.1. The van der Waals surface area contributed by atoms with Crippen LogP contribution in [0.5, 0.6) is 17.4 Å². The first-order chi connectivity index (χ1) is 28.0. The van der Waals surface area contributed by atoms with Crippen molar-refractivity contribution in [3.8, 4) is 28.6 Å². The van der Waals surface area contributed by atoms with Gasteiger partial charge in [0.05, 0.1) is 25.0 Å². The minimum Gasteiger partial charge on any atom is -0.490 e. The number of aliphatic hydroxyl groups is 1. The maximum absolute atomic E-state index is 9.77. The van der Waals surface area contributed by atoms with Crippen molar-refractivity contribution in [2.75, 3.05) is 26.4 Å². The van der Waals surface area contributed by atoms with Gasteiger partial charge in [-0.05, 0) is 84.1 Å². The Morgan fingerprint density at radius 2 is 1.26 bits per heavy atom. The summed E-state index contributed by atoms with van der Waals surface area (Å²) >= 11 is 3.46. The van der Waals surface area contributed by atoms with Gasteiger partial charge in [-0.1, -0.05) is 36.4 Å². The molecule has 1 N–H and O–H groups in total. The van der Waals surface area contributed by atoms with E-state index in [1.165, 1.54) is 0 Å². The number of para-hydroxylation sites is 2. The van der Waals surface area contributed by atoms with E-state index in [2.05, 4.69) is 52.1 Å². The quantitative estimate of drug-likeness (QED) is 0.190. The average Bonchev–Trinajstić information content (AvgIpc) is 4.01. The maximum Gasteiger partial charge on any atom is 0.214 e. The van der Waals surface area contributed by atoms with E-state index >= 15 is 0 Å². The zero-order valence-corrected chi connectivity index (χ0v) is 32.5. The van der Waals surface area contributed by atoms with Gasteiger partial charge >= 0.3 is 0 Å². The van der Waals surface area contributed by atoms with E-state index in [1.54, 1.807) is 6.20 Å². The molecule has 57 heavy (non-hydrogen) atoms. The van der Waals surface area contributed by atoms with Crippen molar-refractivity contribution >= 4 is 38.3 Å². The molecule has 2 aromatic carbocycles. The molecule has 1 saturated carbocycles. The summed E-state index contributed by atoms with van der Waals surface area (Å²) in [5, 5.41) is 9.77. The Bertz CT molecular complexity index is 2680. The van der Waals surface area contributed by atoms with Crippen LogP contribution in [0.25, 0.3) is 33.6 Å². The van der Waals surface area contributed by atoms with Crippen molar-refractivity contribution in [1.82, 2.24) is 34.1 Å². The van der Waals surface area contributed by atoms with Crippen LogP contribution in [0.15, 0.2) is 95.7 Å². The van der Waals surface area contributed by atoms with E-state index in [4.69, 9.17) is 33.7 Å².